The summed E-state index contributed by atoms with van der Waals surface area (Å²) in [5, 5.41) is 7.16. The highest BCUT2D eigenvalue weighted by Crippen LogP contribution is 2.22. The Labute approximate surface area is 161 Å². The summed E-state index contributed by atoms with van der Waals surface area (Å²) < 4.78 is 33.5. The van der Waals surface area contributed by atoms with Crippen molar-refractivity contribution in [1.82, 2.24) is 10.6 Å². The fraction of sp³-hybridized carbons (Fsp3) is 0.421. The smallest absolute Gasteiger partial charge is 0.408 e. The van der Waals surface area contributed by atoms with Gasteiger partial charge in [-0.3, -0.25) is 14.9 Å². The van der Waals surface area contributed by atoms with E-state index in [9.17, 15) is 23.2 Å². The minimum atomic E-state index is -0.963. The predicted molar refractivity (Wildman–Crippen MR) is 97.3 cm³/mol. The van der Waals surface area contributed by atoms with Gasteiger partial charge in [0, 0.05) is 6.42 Å². The summed E-state index contributed by atoms with van der Waals surface area (Å²) in [6, 6.07) is 1.36. The van der Waals surface area contributed by atoms with E-state index in [2.05, 4.69) is 27.8 Å². The summed E-state index contributed by atoms with van der Waals surface area (Å²) in [7, 11) is 0. The minimum absolute atomic E-state index is 0.111. The summed E-state index contributed by atoms with van der Waals surface area (Å²) in [6.45, 7) is 4.93. The molecule has 1 aromatic rings. The van der Waals surface area contributed by atoms with Crippen molar-refractivity contribution in [1.29, 1.82) is 0 Å². The number of alkyl carbamates (subject to hydrolysis) is 1. The zero-order chi connectivity index (χ0) is 20.9. The van der Waals surface area contributed by atoms with Crippen molar-refractivity contribution in [2.75, 3.05) is 11.9 Å². The lowest BCUT2D eigenvalue weighted by Gasteiger charge is -2.23. The molecule has 1 aliphatic rings. The SMILES string of the molecule is CC(C)(C)OC(=O)NCC#Cc1c(F)ccc(NC2CCC(=O)NC2=O)c1F. The number of nitrogens with one attached hydrogen (secondary N) is 3. The number of benzene rings is 1. The van der Waals surface area contributed by atoms with Crippen molar-refractivity contribution in [2.24, 2.45) is 0 Å². The van der Waals surface area contributed by atoms with Gasteiger partial charge < -0.3 is 15.4 Å². The topological polar surface area (TPSA) is 96.5 Å². The van der Waals surface area contributed by atoms with E-state index in [1.807, 2.05) is 0 Å². The Balaban J connectivity index is 2.06. The van der Waals surface area contributed by atoms with Crippen LogP contribution in [0.5, 0.6) is 0 Å². The van der Waals surface area contributed by atoms with E-state index in [1.165, 1.54) is 0 Å². The number of amides is 3. The molecule has 0 radical (unpaired) electrons. The molecule has 150 valence electrons. The van der Waals surface area contributed by atoms with Crippen LogP contribution in [0.4, 0.5) is 19.3 Å². The molecule has 1 heterocycles. The summed E-state index contributed by atoms with van der Waals surface area (Å²) in [5.41, 5.74) is -1.28. The lowest BCUT2D eigenvalue weighted by molar-refractivity contribution is -0.133. The van der Waals surface area contributed by atoms with E-state index in [1.54, 1.807) is 20.8 Å². The van der Waals surface area contributed by atoms with Gasteiger partial charge in [0.1, 0.15) is 17.5 Å². The highest BCUT2D eigenvalue weighted by atomic mass is 19.1. The number of imide groups is 1. The molecule has 1 unspecified atom stereocenters. The van der Waals surface area contributed by atoms with Crippen molar-refractivity contribution in [3.63, 3.8) is 0 Å². The van der Waals surface area contributed by atoms with Crippen LogP contribution < -0.4 is 16.0 Å². The Morgan fingerprint density at radius 3 is 2.68 bits per heavy atom. The Morgan fingerprint density at radius 1 is 1.32 bits per heavy atom. The number of piperidine rings is 1. The first-order valence-electron chi connectivity index (χ1n) is 8.61. The number of hydrogen-bond acceptors (Lipinski definition) is 5. The van der Waals surface area contributed by atoms with Gasteiger partial charge in [0.25, 0.3) is 0 Å². The minimum Gasteiger partial charge on any atom is -0.444 e. The molecule has 0 saturated carbocycles. The van der Waals surface area contributed by atoms with Crippen LogP contribution in [0.2, 0.25) is 0 Å². The van der Waals surface area contributed by atoms with Crippen molar-refractivity contribution in [3.05, 3.63) is 29.3 Å². The number of halogens is 2. The first-order valence-corrected chi connectivity index (χ1v) is 8.61. The van der Waals surface area contributed by atoms with Gasteiger partial charge in [-0.1, -0.05) is 11.8 Å². The third kappa shape index (κ3) is 5.94. The quantitative estimate of drug-likeness (QED) is 0.540. The Morgan fingerprint density at radius 2 is 2.04 bits per heavy atom. The van der Waals surface area contributed by atoms with Gasteiger partial charge in [-0.15, -0.1) is 0 Å². The van der Waals surface area contributed by atoms with E-state index in [4.69, 9.17) is 4.74 Å². The van der Waals surface area contributed by atoms with Crippen LogP contribution in [0.15, 0.2) is 12.1 Å². The average Bonchev–Trinajstić information content (AvgIpc) is 2.57. The summed E-state index contributed by atoms with van der Waals surface area (Å²) >= 11 is 0. The van der Waals surface area contributed by atoms with Crippen molar-refractivity contribution in [2.45, 2.75) is 45.3 Å². The highest BCUT2D eigenvalue weighted by molar-refractivity contribution is 6.01. The highest BCUT2D eigenvalue weighted by Gasteiger charge is 2.27. The van der Waals surface area contributed by atoms with Crippen LogP contribution in [-0.4, -0.2) is 36.1 Å². The fourth-order valence-electron chi connectivity index (χ4n) is 2.36. The maximum absolute atomic E-state index is 14.6. The average molecular weight is 393 g/mol. The number of anilines is 1. The molecule has 1 fully saturated rings. The van der Waals surface area contributed by atoms with Crippen LogP contribution >= 0.6 is 0 Å². The van der Waals surface area contributed by atoms with Gasteiger partial charge >= 0.3 is 6.09 Å². The van der Waals surface area contributed by atoms with Crippen LogP contribution in [0.1, 0.15) is 39.2 Å². The van der Waals surface area contributed by atoms with Gasteiger partial charge in [0.2, 0.25) is 11.8 Å². The number of carbonyl (C=O) groups is 3. The molecule has 1 atom stereocenters. The molecule has 0 aliphatic carbocycles. The zero-order valence-corrected chi connectivity index (χ0v) is 15.7. The van der Waals surface area contributed by atoms with Crippen molar-refractivity contribution < 1.29 is 27.9 Å². The lowest BCUT2D eigenvalue weighted by Crippen LogP contribution is -2.47. The van der Waals surface area contributed by atoms with E-state index in [0.717, 1.165) is 12.1 Å². The van der Waals surface area contributed by atoms with E-state index >= 15 is 0 Å². The lowest BCUT2D eigenvalue weighted by atomic mass is 10.1. The van der Waals surface area contributed by atoms with Crippen LogP contribution in [0.25, 0.3) is 0 Å². The molecule has 1 aromatic carbocycles. The van der Waals surface area contributed by atoms with Crippen LogP contribution in [0, 0.1) is 23.5 Å². The number of rotatable bonds is 3. The van der Waals surface area contributed by atoms with Crippen molar-refractivity contribution in [3.8, 4) is 11.8 Å². The van der Waals surface area contributed by atoms with E-state index in [0.29, 0.717) is 0 Å². The van der Waals surface area contributed by atoms with E-state index < -0.39 is 46.7 Å². The van der Waals surface area contributed by atoms with Crippen LogP contribution in [-0.2, 0) is 14.3 Å². The normalized spacial score (nSPS) is 16.5. The molecule has 0 bridgehead atoms. The number of ether oxygens (including phenoxy) is 1. The molecule has 7 nitrogen and oxygen atoms in total. The largest absolute Gasteiger partial charge is 0.444 e. The summed E-state index contributed by atoms with van der Waals surface area (Å²) in [5.74, 6) is 1.97. The zero-order valence-electron chi connectivity index (χ0n) is 15.7. The molecule has 9 heteroatoms. The Bertz CT molecular complexity index is 853. The Kier molecular flexibility index (Phi) is 6.57. The molecule has 3 amide bonds. The summed E-state index contributed by atoms with van der Waals surface area (Å²) in [4.78, 5) is 34.5. The third-order valence-corrected chi connectivity index (χ3v) is 3.59. The number of hydrogen-bond donors (Lipinski definition) is 3. The Hall–Kier alpha value is -3.15. The maximum atomic E-state index is 14.6. The molecule has 1 saturated heterocycles. The monoisotopic (exact) mass is 393 g/mol. The number of carbonyl (C=O) groups excluding carboxylic acids is 3. The molecular weight excluding hydrogens is 372 g/mol. The first-order chi connectivity index (χ1) is 13.1. The molecular formula is C19H21F2N3O4. The molecule has 0 aromatic heterocycles. The molecule has 0 spiro atoms. The second-order valence-electron chi connectivity index (χ2n) is 7.09. The second-order valence-corrected chi connectivity index (χ2v) is 7.09. The molecule has 1 aliphatic heterocycles. The molecule has 3 N–H and O–H groups in total. The predicted octanol–water partition coefficient (Wildman–Crippen LogP) is 2.06. The van der Waals surface area contributed by atoms with E-state index in [-0.39, 0.29) is 25.1 Å². The van der Waals surface area contributed by atoms with Gasteiger partial charge in [0.15, 0.2) is 5.82 Å². The van der Waals surface area contributed by atoms with Gasteiger partial charge in [0.05, 0.1) is 17.8 Å². The maximum Gasteiger partial charge on any atom is 0.408 e. The first kappa shape index (κ1) is 21.2. The molecule has 2 rings (SSSR count). The van der Waals surface area contributed by atoms with Gasteiger partial charge in [-0.05, 0) is 39.3 Å². The van der Waals surface area contributed by atoms with Crippen LogP contribution in [0.3, 0.4) is 0 Å². The summed E-state index contributed by atoms with van der Waals surface area (Å²) in [6.07, 6.45) is -0.381. The van der Waals surface area contributed by atoms with Crippen molar-refractivity contribution >= 4 is 23.6 Å². The third-order valence-electron chi connectivity index (χ3n) is 3.59. The fourth-order valence-corrected chi connectivity index (χ4v) is 2.36. The van der Waals surface area contributed by atoms with Gasteiger partial charge in [-0.2, -0.15) is 0 Å². The standard InChI is InChI=1S/C19H21F2N3O4/c1-19(2,3)28-18(27)22-10-4-5-11-12(20)6-7-13(16(11)21)23-14-8-9-15(25)24-17(14)26/h6-7,14,23H,8-10H2,1-3H3,(H,22,27)(H,24,25,26). The second kappa shape index (κ2) is 8.69. The molecule has 28 heavy (non-hydrogen) atoms. The van der Waals surface area contributed by atoms with Gasteiger partial charge in [-0.25, -0.2) is 13.6 Å².